The van der Waals surface area contributed by atoms with Crippen molar-refractivity contribution in [2.24, 2.45) is 5.92 Å². The second-order valence-electron chi connectivity index (χ2n) is 4.61. The van der Waals surface area contributed by atoms with Gasteiger partial charge in [0.05, 0.1) is 12.2 Å². The highest BCUT2D eigenvalue weighted by Gasteiger charge is 2.03. The molecule has 0 radical (unpaired) electrons. The van der Waals surface area contributed by atoms with E-state index < -0.39 is 0 Å². The fraction of sp³-hybridized carbons (Fsp3) is 0.615. The maximum atomic E-state index is 4.32. The molecule has 3 nitrogen and oxygen atoms in total. The van der Waals surface area contributed by atoms with Crippen molar-refractivity contribution >= 4 is 0 Å². The summed E-state index contributed by atoms with van der Waals surface area (Å²) in [7, 11) is 0. The van der Waals surface area contributed by atoms with Crippen LogP contribution in [-0.2, 0) is 13.1 Å². The number of nitrogens with zero attached hydrogens (tertiary/aromatic N) is 2. The quantitative estimate of drug-likeness (QED) is 0.717. The molecule has 1 aromatic rings. The lowest BCUT2D eigenvalue weighted by Crippen LogP contribution is -2.21. The van der Waals surface area contributed by atoms with Crippen LogP contribution in [0.2, 0.25) is 0 Å². The molecule has 1 heterocycles. The van der Waals surface area contributed by atoms with Gasteiger partial charge < -0.3 is 5.32 Å². The Morgan fingerprint density at radius 3 is 2.94 bits per heavy atom. The second kappa shape index (κ2) is 6.48. The van der Waals surface area contributed by atoms with Crippen LogP contribution in [0, 0.1) is 5.92 Å². The summed E-state index contributed by atoms with van der Waals surface area (Å²) in [6.45, 7) is 13.3. The highest BCUT2D eigenvalue weighted by molar-refractivity contribution is 5.04. The zero-order valence-electron chi connectivity index (χ0n) is 10.7. The first-order valence-corrected chi connectivity index (χ1v) is 6.01. The number of nitrogens with one attached hydrogen (secondary N) is 1. The van der Waals surface area contributed by atoms with Crippen LogP contribution in [0.25, 0.3) is 0 Å². The van der Waals surface area contributed by atoms with Crippen LogP contribution in [0.3, 0.4) is 0 Å². The van der Waals surface area contributed by atoms with Gasteiger partial charge in [0.2, 0.25) is 0 Å². The zero-order chi connectivity index (χ0) is 12.0. The lowest BCUT2D eigenvalue weighted by Gasteiger charge is -2.10. The van der Waals surface area contributed by atoms with Crippen molar-refractivity contribution in [2.45, 2.75) is 40.3 Å². The SMILES string of the molecule is C=C(CC)Cn1nccc1CNCC(C)C. The van der Waals surface area contributed by atoms with E-state index in [1.165, 1.54) is 11.3 Å². The van der Waals surface area contributed by atoms with Crippen LogP contribution < -0.4 is 5.32 Å². The summed E-state index contributed by atoms with van der Waals surface area (Å²) in [5.41, 5.74) is 2.45. The summed E-state index contributed by atoms with van der Waals surface area (Å²) in [6.07, 6.45) is 2.87. The average molecular weight is 221 g/mol. The van der Waals surface area contributed by atoms with Gasteiger partial charge in [0.1, 0.15) is 0 Å². The summed E-state index contributed by atoms with van der Waals surface area (Å²) in [4.78, 5) is 0. The molecule has 0 saturated heterocycles. The van der Waals surface area contributed by atoms with Crippen LogP contribution in [0.5, 0.6) is 0 Å². The van der Waals surface area contributed by atoms with Gasteiger partial charge in [-0.25, -0.2) is 0 Å². The molecule has 0 unspecified atom stereocenters. The lowest BCUT2D eigenvalue weighted by atomic mass is 10.2. The van der Waals surface area contributed by atoms with E-state index in [0.29, 0.717) is 5.92 Å². The Balaban J connectivity index is 2.47. The Kier molecular flexibility index (Phi) is 5.26. The van der Waals surface area contributed by atoms with E-state index in [1.807, 2.05) is 10.9 Å². The molecular weight excluding hydrogens is 198 g/mol. The molecule has 90 valence electrons. The summed E-state index contributed by atoms with van der Waals surface area (Å²) in [6, 6.07) is 2.07. The van der Waals surface area contributed by atoms with Crippen molar-refractivity contribution < 1.29 is 0 Å². The van der Waals surface area contributed by atoms with Crippen LogP contribution in [-0.4, -0.2) is 16.3 Å². The summed E-state index contributed by atoms with van der Waals surface area (Å²) in [5.74, 6) is 0.682. The lowest BCUT2D eigenvalue weighted by molar-refractivity contribution is 0.527. The number of aromatic nitrogens is 2. The standard InChI is InChI=1S/C13H23N3/c1-5-12(4)10-16-13(6-7-15-16)9-14-8-11(2)3/h6-7,11,14H,4-5,8-10H2,1-3H3. The van der Waals surface area contributed by atoms with Gasteiger partial charge in [0.15, 0.2) is 0 Å². The van der Waals surface area contributed by atoms with E-state index in [2.05, 4.69) is 43.8 Å². The molecule has 3 heteroatoms. The van der Waals surface area contributed by atoms with Crippen molar-refractivity contribution in [3.05, 3.63) is 30.1 Å². The number of allylic oxidation sites excluding steroid dienone is 1. The molecule has 0 aromatic carbocycles. The molecule has 0 atom stereocenters. The van der Waals surface area contributed by atoms with Crippen LogP contribution in [0.15, 0.2) is 24.4 Å². The minimum atomic E-state index is 0.682. The van der Waals surface area contributed by atoms with E-state index in [1.54, 1.807) is 0 Å². The van der Waals surface area contributed by atoms with E-state index in [-0.39, 0.29) is 0 Å². The van der Waals surface area contributed by atoms with Crippen LogP contribution >= 0.6 is 0 Å². The van der Waals surface area contributed by atoms with Gasteiger partial charge in [-0.2, -0.15) is 5.10 Å². The Labute approximate surface area is 98.5 Å². The van der Waals surface area contributed by atoms with Crippen molar-refractivity contribution in [3.8, 4) is 0 Å². The molecule has 0 fully saturated rings. The molecular formula is C13H23N3. The topological polar surface area (TPSA) is 29.9 Å². The molecule has 1 N–H and O–H groups in total. The van der Waals surface area contributed by atoms with E-state index in [0.717, 1.165) is 26.1 Å². The fourth-order valence-corrected chi connectivity index (χ4v) is 1.47. The number of hydrogen-bond acceptors (Lipinski definition) is 2. The molecule has 0 aliphatic carbocycles. The summed E-state index contributed by atoms with van der Waals surface area (Å²) < 4.78 is 2.03. The smallest absolute Gasteiger partial charge is 0.0620 e. The van der Waals surface area contributed by atoms with Crippen molar-refractivity contribution in [3.63, 3.8) is 0 Å². The third-order valence-corrected chi connectivity index (χ3v) is 2.54. The Bertz CT molecular complexity index is 326. The monoisotopic (exact) mass is 221 g/mol. The summed E-state index contributed by atoms with van der Waals surface area (Å²) in [5, 5.41) is 7.75. The predicted molar refractivity (Wildman–Crippen MR) is 68.2 cm³/mol. The van der Waals surface area contributed by atoms with Gasteiger partial charge in [-0.05, 0) is 24.9 Å². The molecule has 0 aliphatic heterocycles. The third-order valence-electron chi connectivity index (χ3n) is 2.54. The Hall–Kier alpha value is -1.09. The molecule has 0 amide bonds. The first-order chi connectivity index (χ1) is 7.63. The zero-order valence-corrected chi connectivity index (χ0v) is 10.7. The van der Waals surface area contributed by atoms with Gasteiger partial charge in [0, 0.05) is 12.7 Å². The van der Waals surface area contributed by atoms with Crippen LogP contribution in [0.4, 0.5) is 0 Å². The molecule has 1 aromatic heterocycles. The second-order valence-corrected chi connectivity index (χ2v) is 4.61. The van der Waals surface area contributed by atoms with Gasteiger partial charge >= 0.3 is 0 Å². The minimum absolute atomic E-state index is 0.682. The third kappa shape index (κ3) is 4.19. The van der Waals surface area contributed by atoms with Gasteiger partial charge in [-0.1, -0.05) is 32.9 Å². The number of rotatable bonds is 7. The Morgan fingerprint density at radius 2 is 2.31 bits per heavy atom. The van der Waals surface area contributed by atoms with Crippen molar-refractivity contribution in [2.75, 3.05) is 6.54 Å². The Morgan fingerprint density at radius 1 is 1.56 bits per heavy atom. The van der Waals surface area contributed by atoms with Crippen molar-refractivity contribution in [1.82, 2.24) is 15.1 Å². The van der Waals surface area contributed by atoms with Crippen molar-refractivity contribution in [1.29, 1.82) is 0 Å². The average Bonchev–Trinajstić information content (AvgIpc) is 2.65. The first kappa shape index (κ1) is 13.0. The maximum absolute atomic E-state index is 4.32. The highest BCUT2D eigenvalue weighted by Crippen LogP contribution is 2.05. The largest absolute Gasteiger partial charge is 0.311 e. The van der Waals surface area contributed by atoms with E-state index >= 15 is 0 Å². The number of hydrogen-bond donors (Lipinski definition) is 1. The molecule has 1 rings (SSSR count). The maximum Gasteiger partial charge on any atom is 0.0620 e. The first-order valence-electron chi connectivity index (χ1n) is 6.01. The van der Waals surface area contributed by atoms with Gasteiger partial charge in [-0.3, -0.25) is 4.68 Å². The van der Waals surface area contributed by atoms with Gasteiger partial charge in [0.25, 0.3) is 0 Å². The predicted octanol–water partition coefficient (Wildman–Crippen LogP) is 2.59. The highest BCUT2D eigenvalue weighted by atomic mass is 15.3. The normalized spacial score (nSPS) is 11.0. The van der Waals surface area contributed by atoms with E-state index in [4.69, 9.17) is 0 Å². The minimum Gasteiger partial charge on any atom is -0.311 e. The molecule has 0 saturated carbocycles. The molecule has 0 aliphatic rings. The molecule has 0 bridgehead atoms. The van der Waals surface area contributed by atoms with Crippen LogP contribution in [0.1, 0.15) is 32.9 Å². The molecule has 0 spiro atoms. The summed E-state index contributed by atoms with van der Waals surface area (Å²) >= 11 is 0. The van der Waals surface area contributed by atoms with Gasteiger partial charge in [-0.15, -0.1) is 0 Å². The fourth-order valence-electron chi connectivity index (χ4n) is 1.47. The van der Waals surface area contributed by atoms with E-state index in [9.17, 15) is 0 Å². The molecule has 16 heavy (non-hydrogen) atoms.